The molecule has 1 aromatic heterocycles. The molecule has 1 aliphatic heterocycles. The number of carboxylic acids is 1. The number of nitrogens with one attached hydrogen (secondary N) is 1. The van der Waals surface area contributed by atoms with E-state index in [0.29, 0.717) is 25.8 Å². The molecule has 2 aromatic carbocycles. The van der Waals surface area contributed by atoms with Crippen molar-refractivity contribution in [3.63, 3.8) is 0 Å². The first-order valence-corrected chi connectivity index (χ1v) is 12.4. The normalized spacial score (nSPS) is 18.7. The minimum Gasteiger partial charge on any atom is -0.479 e. The highest BCUT2D eigenvalue weighted by Gasteiger charge is 2.49. The van der Waals surface area contributed by atoms with E-state index in [4.69, 9.17) is 4.74 Å². The molecule has 0 spiro atoms. The second-order valence-corrected chi connectivity index (χ2v) is 9.76. The molecule has 1 fully saturated rings. The van der Waals surface area contributed by atoms with Gasteiger partial charge in [-0.05, 0) is 41.5 Å². The minimum atomic E-state index is -1.19. The lowest BCUT2D eigenvalue weighted by Gasteiger charge is -2.33. The molecule has 2 amide bonds. The number of likely N-dealkylation sites (tertiary alicyclic amines) is 1. The van der Waals surface area contributed by atoms with E-state index in [2.05, 4.69) is 22.4 Å². The van der Waals surface area contributed by atoms with Crippen LogP contribution < -0.4 is 5.32 Å². The standard InChI is InChI=1S/C26H25N3O5S/c1-2-26(23(31)32)12-7-13-29(26)22(30)21-14-27-24(35-21)28-25(33)34-15-20-18-10-5-3-8-16(18)17-9-4-6-11-19(17)20/h3-6,8-11,14,20H,2,7,12-13,15H2,1H3,(H,31,32)(H,27,28,33). The lowest BCUT2D eigenvalue weighted by molar-refractivity contribution is -0.148. The fourth-order valence-corrected chi connectivity index (χ4v) is 5.95. The van der Waals surface area contributed by atoms with Gasteiger partial charge in [-0.25, -0.2) is 14.6 Å². The van der Waals surface area contributed by atoms with Crippen molar-refractivity contribution >= 4 is 34.4 Å². The molecule has 3 aromatic rings. The molecule has 1 aliphatic carbocycles. The number of hydrogen-bond acceptors (Lipinski definition) is 6. The smallest absolute Gasteiger partial charge is 0.413 e. The molecule has 1 saturated heterocycles. The average Bonchev–Trinajstić information content (AvgIpc) is 3.59. The SMILES string of the molecule is CCC1(C(=O)O)CCCN1C(=O)c1cnc(NC(=O)OCC2c3ccccc3-c3ccccc32)s1. The summed E-state index contributed by atoms with van der Waals surface area (Å²) >= 11 is 1.01. The highest BCUT2D eigenvalue weighted by molar-refractivity contribution is 7.17. The Bertz CT molecular complexity index is 1260. The fraction of sp³-hybridized carbons (Fsp3) is 0.308. The number of amides is 2. The number of hydrogen-bond donors (Lipinski definition) is 2. The van der Waals surface area contributed by atoms with E-state index in [9.17, 15) is 19.5 Å². The number of rotatable bonds is 6. The fourth-order valence-electron chi connectivity index (χ4n) is 5.20. The van der Waals surface area contributed by atoms with Crippen molar-refractivity contribution in [2.75, 3.05) is 18.5 Å². The van der Waals surface area contributed by atoms with Crippen molar-refractivity contribution in [1.82, 2.24) is 9.88 Å². The van der Waals surface area contributed by atoms with Gasteiger partial charge in [0.15, 0.2) is 5.13 Å². The third-order valence-electron chi connectivity index (χ3n) is 6.99. The quantitative estimate of drug-likeness (QED) is 0.504. The number of benzene rings is 2. The highest BCUT2D eigenvalue weighted by atomic mass is 32.1. The van der Waals surface area contributed by atoms with Crippen LogP contribution in [0.25, 0.3) is 11.1 Å². The maximum atomic E-state index is 13.0. The van der Waals surface area contributed by atoms with E-state index in [-0.39, 0.29) is 28.4 Å². The summed E-state index contributed by atoms with van der Waals surface area (Å²) in [6.07, 6.45) is 2.10. The predicted molar refractivity (Wildman–Crippen MR) is 132 cm³/mol. The van der Waals surface area contributed by atoms with Gasteiger partial charge >= 0.3 is 12.1 Å². The Labute approximate surface area is 206 Å². The van der Waals surface area contributed by atoms with Gasteiger partial charge < -0.3 is 14.7 Å². The molecule has 0 radical (unpaired) electrons. The van der Waals surface area contributed by atoms with Crippen LogP contribution in [0.1, 0.15) is 52.9 Å². The zero-order chi connectivity index (χ0) is 24.6. The van der Waals surface area contributed by atoms with Gasteiger partial charge in [0.05, 0.1) is 6.20 Å². The van der Waals surface area contributed by atoms with Crippen molar-refractivity contribution < 1.29 is 24.2 Å². The van der Waals surface area contributed by atoms with Crippen molar-refractivity contribution in [1.29, 1.82) is 0 Å². The molecule has 1 unspecified atom stereocenters. The molecule has 180 valence electrons. The van der Waals surface area contributed by atoms with Crippen molar-refractivity contribution in [2.24, 2.45) is 0 Å². The Hall–Kier alpha value is -3.72. The van der Waals surface area contributed by atoms with E-state index in [0.717, 1.165) is 33.6 Å². The molecule has 0 saturated carbocycles. The van der Waals surface area contributed by atoms with Gasteiger partial charge in [0.2, 0.25) is 0 Å². The van der Waals surface area contributed by atoms with Crippen LogP contribution in [-0.2, 0) is 9.53 Å². The number of carbonyl (C=O) groups excluding carboxylic acids is 2. The van der Waals surface area contributed by atoms with E-state index in [1.807, 2.05) is 36.4 Å². The Morgan fingerprint density at radius 1 is 1.14 bits per heavy atom. The van der Waals surface area contributed by atoms with Crippen LogP contribution in [0.2, 0.25) is 0 Å². The molecule has 2 N–H and O–H groups in total. The maximum Gasteiger partial charge on any atom is 0.413 e. The van der Waals surface area contributed by atoms with Gasteiger partial charge in [-0.2, -0.15) is 0 Å². The molecule has 9 heteroatoms. The summed E-state index contributed by atoms with van der Waals surface area (Å²) in [4.78, 5) is 43.3. The topological polar surface area (TPSA) is 109 Å². The number of ether oxygens (including phenoxy) is 1. The first-order chi connectivity index (χ1) is 16.9. The molecule has 2 heterocycles. The highest BCUT2D eigenvalue weighted by Crippen LogP contribution is 2.44. The Morgan fingerprint density at radius 2 is 1.80 bits per heavy atom. The Kier molecular flexibility index (Phi) is 6.02. The van der Waals surface area contributed by atoms with Crippen LogP contribution in [0, 0.1) is 0 Å². The lowest BCUT2D eigenvalue weighted by Crippen LogP contribution is -2.52. The Morgan fingerprint density at radius 3 is 2.43 bits per heavy atom. The van der Waals surface area contributed by atoms with Gasteiger partial charge in [0.25, 0.3) is 5.91 Å². The van der Waals surface area contributed by atoms with E-state index >= 15 is 0 Å². The van der Waals surface area contributed by atoms with Crippen molar-refractivity contribution in [2.45, 2.75) is 37.6 Å². The first kappa shape index (κ1) is 23.0. The molecule has 35 heavy (non-hydrogen) atoms. The number of nitrogens with zero attached hydrogens (tertiary/aromatic N) is 2. The number of fused-ring (bicyclic) bond motifs is 3. The van der Waals surface area contributed by atoms with Crippen LogP contribution in [0.3, 0.4) is 0 Å². The predicted octanol–water partition coefficient (Wildman–Crippen LogP) is 4.97. The summed E-state index contributed by atoms with van der Waals surface area (Å²) in [5.41, 5.74) is 3.33. The molecular weight excluding hydrogens is 466 g/mol. The summed E-state index contributed by atoms with van der Waals surface area (Å²) in [6.45, 7) is 2.32. The summed E-state index contributed by atoms with van der Waals surface area (Å²) in [5, 5.41) is 12.6. The van der Waals surface area contributed by atoms with Crippen LogP contribution in [-0.4, -0.2) is 51.7 Å². The van der Waals surface area contributed by atoms with Crippen LogP contribution in [0.4, 0.5) is 9.93 Å². The largest absolute Gasteiger partial charge is 0.479 e. The molecule has 8 nitrogen and oxygen atoms in total. The first-order valence-electron chi connectivity index (χ1n) is 11.6. The third kappa shape index (κ3) is 3.95. The molecule has 2 aliphatic rings. The van der Waals surface area contributed by atoms with Gasteiger partial charge in [-0.3, -0.25) is 10.1 Å². The summed E-state index contributed by atoms with van der Waals surface area (Å²) in [6, 6.07) is 16.2. The van der Waals surface area contributed by atoms with Crippen molar-refractivity contribution in [3.05, 3.63) is 70.7 Å². The lowest BCUT2D eigenvalue weighted by atomic mass is 9.93. The van der Waals surface area contributed by atoms with Crippen LogP contribution in [0.15, 0.2) is 54.7 Å². The Balaban J connectivity index is 1.24. The van der Waals surface area contributed by atoms with E-state index in [1.165, 1.54) is 11.1 Å². The van der Waals surface area contributed by atoms with Gasteiger partial charge in [-0.1, -0.05) is 66.8 Å². The van der Waals surface area contributed by atoms with E-state index in [1.54, 1.807) is 6.92 Å². The molecule has 5 rings (SSSR count). The van der Waals surface area contributed by atoms with Gasteiger partial charge in [-0.15, -0.1) is 0 Å². The monoisotopic (exact) mass is 491 g/mol. The summed E-state index contributed by atoms with van der Waals surface area (Å²) in [7, 11) is 0. The second-order valence-electron chi connectivity index (χ2n) is 8.73. The summed E-state index contributed by atoms with van der Waals surface area (Å²) < 4.78 is 5.54. The summed E-state index contributed by atoms with van der Waals surface area (Å²) in [5.74, 6) is -1.44. The minimum absolute atomic E-state index is 0.0602. The zero-order valence-corrected chi connectivity index (χ0v) is 20.0. The second kappa shape index (κ2) is 9.14. The number of aromatic nitrogens is 1. The van der Waals surface area contributed by atoms with Crippen molar-refractivity contribution in [3.8, 4) is 11.1 Å². The zero-order valence-electron chi connectivity index (χ0n) is 19.2. The number of carbonyl (C=O) groups is 3. The maximum absolute atomic E-state index is 13.0. The van der Waals surface area contributed by atoms with Gasteiger partial charge in [0, 0.05) is 12.5 Å². The third-order valence-corrected chi connectivity index (χ3v) is 7.89. The molecule has 1 atom stereocenters. The van der Waals surface area contributed by atoms with Crippen LogP contribution >= 0.6 is 11.3 Å². The number of aliphatic carboxylic acids is 1. The number of anilines is 1. The van der Waals surface area contributed by atoms with E-state index < -0.39 is 17.6 Å². The van der Waals surface area contributed by atoms with Gasteiger partial charge in [0.1, 0.15) is 17.0 Å². The number of thiazole rings is 1. The molecule has 0 bridgehead atoms. The number of carboxylic acid groups (broad SMARTS) is 1. The average molecular weight is 492 g/mol. The van der Waals surface area contributed by atoms with Crippen LogP contribution in [0.5, 0.6) is 0 Å². The molecular formula is C26H25N3O5S.